The van der Waals surface area contributed by atoms with Crippen LogP contribution in [0.5, 0.6) is 0 Å². The van der Waals surface area contributed by atoms with E-state index in [9.17, 15) is 9.59 Å². The van der Waals surface area contributed by atoms with E-state index < -0.39 is 6.03 Å². The lowest BCUT2D eigenvalue weighted by Gasteiger charge is -2.04. The standard InChI is InChI=1S/C19H15N5O2/c25-17-13-24(19(26)21-17)20-11-15-12-23(16-9-5-2-6-10-16)22-18(15)14-7-3-1-4-8-14/h1-12H,13H2,(H,21,25,26)/b20-11+. The van der Waals surface area contributed by atoms with E-state index in [-0.39, 0.29) is 12.5 Å². The third-order valence-corrected chi connectivity index (χ3v) is 3.92. The van der Waals surface area contributed by atoms with Gasteiger partial charge in [-0.15, -0.1) is 0 Å². The first-order valence-electron chi connectivity index (χ1n) is 8.06. The van der Waals surface area contributed by atoms with Gasteiger partial charge in [-0.2, -0.15) is 10.2 Å². The third kappa shape index (κ3) is 3.10. The molecule has 1 fully saturated rings. The molecule has 0 aliphatic carbocycles. The topological polar surface area (TPSA) is 79.6 Å². The molecule has 128 valence electrons. The Morgan fingerprint density at radius 1 is 1.00 bits per heavy atom. The number of para-hydroxylation sites is 1. The van der Waals surface area contributed by atoms with E-state index in [1.54, 1.807) is 10.9 Å². The van der Waals surface area contributed by atoms with Gasteiger partial charge in [0.1, 0.15) is 12.2 Å². The lowest BCUT2D eigenvalue weighted by Crippen LogP contribution is -2.24. The first-order valence-corrected chi connectivity index (χ1v) is 8.06. The largest absolute Gasteiger partial charge is 0.344 e. The van der Waals surface area contributed by atoms with Crippen LogP contribution in [0, 0.1) is 0 Å². The molecule has 1 N–H and O–H groups in total. The molecule has 0 atom stereocenters. The minimum Gasteiger partial charge on any atom is -0.275 e. The second kappa shape index (κ2) is 6.64. The van der Waals surface area contributed by atoms with E-state index in [1.165, 1.54) is 0 Å². The van der Waals surface area contributed by atoms with Crippen LogP contribution in [0.3, 0.4) is 0 Å². The summed E-state index contributed by atoms with van der Waals surface area (Å²) >= 11 is 0. The Labute approximate surface area is 149 Å². The molecule has 26 heavy (non-hydrogen) atoms. The fraction of sp³-hybridized carbons (Fsp3) is 0.0526. The van der Waals surface area contributed by atoms with Crippen molar-refractivity contribution in [2.24, 2.45) is 5.10 Å². The van der Waals surface area contributed by atoms with Crippen LogP contribution in [-0.2, 0) is 4.79 Å². The molecule has 7 nitrogen and oxygen atoms in total. The Morgan fingerprint density at radius 3 is 2.35 bits per heavy atom. The highest BCUT2D eigenvalue weighted by Crippen LogP contribution is 2.22. The van der Waals surface area contributed by atoms with Crippen molar-refractivity contribution in [2.75, 3.05) is 6.54 Å². The van der Waals surface area contributed by atoms with Gasteiger partial charge in [0.25, 0.3) is 0 Å². The van der Waals surface area contributed by atoms with Gasteiger partial charge in [0.05, 0.1) is 11.9 Å². The zero-order valence-corrected chi connectivity index (χ0v) is 13.7. The Bertz CT molecular complexity index is 980. The van der Waals surface area contributed by atoms with Crippen molar-refractivity contribution in [3.05, 3.63) is 72.4 Å². The van der Waals surface area contributed by atoms with Crippen LogP contribution in [0.1, 0.15) is 5.56 Å². The number of urea groups is 1. The Morgan fingerprint density at radius 2 is 1.69 bits per heavy atom. The molecule has 1 saturated heterocycles. The summed E-state index contributed by atoms with van der Waals surface area (Å²) in [4.78, 5) is 22.9. The second-order valence-electron chi connectivity index (χ2n) is 5.73. The summed E-state index contributed by atoms with van der Waals surface area (Å²) < 4.78 is 1.76. The number of hydrazone groups is 1. The summed E-state index contributed by atoms with van der Waals surface area (Å²) in [5.41, 5.74) is 3.33. The molecular weight excluding hydrogens is 330 g/mol. The van der Waals surface area contributed by atoms with Crippen molar-refractivity contribution in [3.8, 4) is 16.9 Å². The van der Waals surface area contributed by atoms with Crippen molar-refractivity contribution < 1.29 is 9.59 Å². The second-order valence-corrected chi connectivity index (χ2v) is 5.73. The number of rotatable bonds is 4. The number of benzene rings is 2. The zero-order chi connectivity index (χ0) is 17.9. The summed E-state index contributed by atoms with van der Waals surface area (Å²) in [6.45, 7) is -0.0805. The molecule has 2 heterocycles. The molecule has 0 saturated carbocycles. The first-order chi connectivity index (χ1) is 12.7. The molecular formula is C19H15N5O2. The predicted molar refractivity (Wildman–Crippen MR) is 96.8 cm³/mol. The minimum absolute atomic E-state index is 0.0805. The van der Waals surface area contributed by atoms with Crippen LogP contribution in [0.25, 0.3) is 16.9 Å². The van der Waals surface area contributed by atoms with Crippen molar-refractivity contribution >= 4 is 18.2 Å². The molecule has 0 radical (unpaired) electrons. The molecule has 0 spiro atoms. The van der Waals surface area contributed by atoms with Crippen LogP contribution in [-0.4, -0.2) is 39.5 Å². The number of carbonyl (C=O) groups is 2. The highest BCUT2D eigenvalue weighted by molar-refractivity contribution is 6.02. The number of imide groups is 1. The average molecular weight is 345 g/mol. The Hall–Kier alpha value is -3.74. The van der Waals surface area contributed by atoms with Crippen LogP contribution in [0.15, 0.2) is 72.0 Å². The summed E-state index contributed by atoms with van der Waals surface area (Å²) in [6, 6.07) is 18.9. The normalized spacial score (nSPS) is 14.2. The number of hydrogen-bond acceptors (Lipinski definition) is 4. The van der Waals surface area contributed by atoms with Gasteiger partial charge in [0, 0.05) is 17.3 Å². The summed E-state index contributed by atoms with van der Waals surface area (Å²) in [7, 11) is 0. The summed E-state index contributed by atoms with van der Waals surface area (Å²) in [5.74, 6) is -0.365. The van der Waals surface area contributed by atoms with Gasteiger partial charge in [-0.3, -0.25) is 10.1 Å². The van der Waals surface area contributed by atoms with Crippen LogP contribution in [0.2, 0.25) is 0 Å². The number of hydrogen-bond donors (Lipinski definition) is 1. The molecule has 1 aliphatic rings. The van der Waals surface area contributed by atoms with Gasteiger partial charge < -0.3 is 0 Å². The molecule has 7 heteroatoms. The van der Waals surface area contributed by atoms with Crippen molar-refractivity contribution in [2.45, 2.75) is 0 Å². The fourth-order valence-electron chi connectivity index (χ4n) is 2.67. The van der Waals surface area contributed by atoms with Crippen LogP contribution in [0.4, 0.5) is 4.79 Å². The highest BCUT2D eigenvalue weighted by atomic mass is 16.2. The van der Waals surface area contributed by atoms with Crippen molar-refractivity contribution in [3.63, 3.8) is 0 Å². The van der Waals surface area contributed by atoms with Crippen LogP contribution >= 0.6 is 0 Å². The predicted octanol–water partition coefficient (Wildman–Crippen LogP) is 2.42. The molecule has 1 aliphatic heterocycles. The lowest BCUT2D eigenvalue weighted by molar-refractivity contribution is -0.118. The van der Waals surface area contributed by atoms with E-state index in [2.05, 4.69) is 15.5 Å². The average Bonchev–Trinajstić information content (AvgIpc) is 3.24. The Kier molecular flexibility index (Phi) is 4.03. The molecule has 3 amide bonds. The quantitative estimate of drug-likeness (QED) is 0.582. The van der Waals surface area contributed by atoms with Gasteiger partial charge in [0.15, 0.2) is 0 Å². The molecule has 0 bridgehead atoms. The van der Waals surface area contributed by atoms with Gasteiger partial charge in [0.2, 0.25) is 5.91 Å². The third-order valence-electron chi connectivity index (χ3n) is 3.92. The van der Waals surface area contributed by atoms with E-state index in [0.717, 1.165) is 27.5 Å². The maximum absolute atomic E-state index is 11.6. The monoisotopic (exact) mass is 345 g/mol. The van der Waals surface area contributed by atoms with Gasteiger partial charge in [-0.05, 0) is 12.1 Å². The molecule has 3 aromatic rings. The SMILES string of the molecule is O=C1CN(/N=C/c2cn(-c3ccccc3)nc2-c2ccccc2)C(=O)N1. The van der Waals surface area contributed by atoms with E-state index >= 15 is 0 Å². The van der Waals surface area contributed by atoms with Gasteiger partial charge >= 0.3 is 6.03 Å². The molecule has 1 aromatic heterocycles. The maximum Gasteiger partial charge on any atom is 0.344 e. The molecule has 4 rings (SSSR count). The summed E-state index contributed by atoms with van der Waals surface area (Å²) in [5, 5.41) is 12.1. The van der Waals surface area contributed by atoms with E-state index in [1.807, 2.05) is 66.9 Å². The lowest BCUT2D eigenvalue weighted by atomic mass is 10.1. The summed E-state index contributed by atoms with van der Waals surface area (Å²) in [6.07, 6.45) is 3.39. The van der Waals surface area contributed by atoms with Crippen molar-refractivity contribution in [1.82, 2.24) is 20.1 Å². The fourth-order valence-corrected chi connectivity index (χ4v) is 2.67. The minimum atomic E-state index is -0.525. The first kappa shape index (κ1) is 15.8. The zero-order valence-electron chi connectivity index (χ0n) is 13.7. The molecule has 2 aromatic carbocycles. The smallest absolute Gasteiger partial charge is 0.275 e. The number of aromatic nitrogens is 2. The number of nitrogens with zero attached hydrogens (tertiary/aromatic N) is 4. The number of carbonyl (C=O) groups excluding carboxylic acids is 2. The van der Waals surface area contributed by atoms with Gasteiger partial charge in [-0.25, -0.2) is 14.5 Å². The van der Waals surface area contributed by atoms with Crippen LogP contribution < -0.4 is 5.32 Å². The van der Waals surface area contributed by atoms with Gasteiger partial charge in [-0.1, -0.05) is 48.5 Å². The highest BCUT2D eigenvalue weighted by Gasteiger charge is 2.26. The molecule has 0 unspecified atom stereocenters. The van der Waals surface area contributed by atoms with E-state index in [0.29, 0.717) is 0 Å². The Balaban J connectivity index is 1.73. The van der Waals surface area contributed by atoms with Crippen molar-refractivity contribution in [1.29, 1.82) is 0 Å². The number of nitrogens with one attached hydrogen (secondary N) is 1. The number of amides is 3. The van der Waals surface area contributed by atoms with E-state index in [4.69, 9.17) is 0 Å². The maximum atomic E-state index is 11.6.